The number of aromatic nitrogens is 3. The highest BCUT2D eigenvalue weighted by molar-refractivity contribution is 9.10. The van der Waals surface area contributed by atoms with Crippen LogP contribution in [0.25, 0.3) is 0 Å². The summed E-state index contributed by atoms with van der Waals surface area (Å²) in [4.78, 5) is 12.2. The molecule has 0 unspecified atom stereocenters. The lowest BCUT2D eigenvalue weighted by atomic mass is 10.3. The highest BCUT2D eigenvalue weighted by atomic mass is 79.9. The van der Waals surface area contributed by atoms with Crippen LogP contribution in [0.4, 0.5) is 5.82 Å². The topological polar surface area (TPSA) is 50.7 Å². The van der Waals surface area contributed by atoms with Gasteiger partial charge < -0.3 is 5.32 Å². The molecule has 0 saturated carbocycles. The molecule has 2 aromatic rings. The average Bonchev–Trinajstić information content (AvgIpc) is 2.32. The van der Waals surface area contributed by atoms with Gasteiger partial charge in [0.05, 0.1) is 12.2 Å². The van der Waals surface area contributed by atoms with Gasteiger partial charge in [0.1, 0.15) is 12.1 Å². The Hall–Kier alpha value is -1.49. The van der Waals surface area contributed by atoms with Crippen molar-refractivity contribution >= 4 is 21.7 Å². The normalized spacial score (nSPS) is 10.1. The summed E-state index contributed by atoms with van der Waals surface area (Å²) < 4.78 is 1.01. The Bertz CT molecular complexity index is 473. The minimum absolute atomic E-state index is 0.649. The minimum atomic E-state index is 0.649. The molecular weight excluding hydrogens is 268 g/mol. The van der Waals surface area contributed by atoms with Gasteiger partial charge in [-0.3, -0.25) is 0 Å². The van der Waals surface area contributed by atoms with Crippen molar-refractivity contribution in [3.8, 4) is 0 Å². The Morgan fingerprint density at radius 1 is 1.38 bits per heavy atom. The number of aryl methyl sites for hydroxylation is 1. The van der Waals surface area contributed by atoms with Gasteiger partial charge in [-0.25, -0.2) is 15.0 Å². The van der Waals surface area contributed by atoms with Gasteiger partial charge in [-0.15, -0.1) is 0 Å². The summed E-state index contributed by atoms with van der Waals surface area (Å²) in [7, 11) is 0. The fourth-order valence-corrected chi connectivity index (χ4v) is 1.46. The second kappa shape index (κ2) is 5.03. The number of rotatable bonds is 3. The highest BCUT2D eigenvalue weighted by Gasteiger charge is 1.99. The first-order chi connectivity index (χ1) is 7.75. The molecule has 0 amide bonds. The van der Waals surface area contributed by atoms with E-state index in [1.165, 1.54) is 6.33 Å². The van der Waals surface area contributed by atoms with Crippen molar-refractivity contribution in [2.45, 2.75) is 13.5 Å². The first-order valence-corrected chi connectivity index (χ1v) is 5.66. The Morgan fingerprint density at radius 2 is 2.25 bits per heavy atom. The second-order valence-corrected chi connectivity index (χ2v) is 4.23. The van der Waals surface area contributed by atoms with Crippen LogP contribution in [0.5, 0.6) is 0 Å². The van der Waals surface area contributed by atoms with Crippen LogP contribution < -0.4 is 5.32 Å². The van der Waals surface area contributed by atoms with Crippen molar-refractivity contribution in [3.63, 3.8) is 0 Å². The zero-order chi connectivity index (χ0) is 11.4. The third-order valence-electron chi connectivity index (χ3n) is 2.14. The van der Waals surface area contributed by atoms with Crippen LogP contribution in [0.3, 0.4) is 0 Å². The van der Waals surface area contributed by atoms with Crippen LogP contribution in [0.15, 0.2) is 35.3 Å². The Balaban J connectivity index is 2.03. The number of hydrogen-bond acceptors (Lipinski definition) is 4. The molecule has 0 aliphatic rings. The maximum Gasteiger partial charge on any atom is 0.126 e. The number of halogens is 1. The average molecular weight is 279 g/mol. The van der Waals surface area contributed by atoms with Gasteiger partial charge in [0, 0.05) is 16.9 Å². The van der Waals surface area contributed by atoms with Gasteiger partial charge in [0.2, 0.25) is 0 Å². The molecule has 2 rings (SSSR count). The molecule has 0 bridgehead atoms. The molecule has 0 aromatic carbocycles. The lowest BCUT2D eigenvalue weighted by molar-refractivity contribution is 0.995. The Kier molecular flexibility index (Phi) is 3.46. The second-order valence-electron chi connectivity index (χ2n) is 3.37. The fourth-order valence-electron chi connectivity index (χ4n) is 1.24. The number of nitrogens with zero attached hydrogens (tertiary/aromatic N) is 3. The van der Waals surface area contributed by atoms with Crippen LogP contribution in [-0.4, -0.2) is 15.0 Å². The summed E-state index contributed by atoms with van der Waals surface area (Å²) in [6.45, 7) is 2.68. The van der Waals surface area contributed by atoms with E-state index in [4.69, 9.17) is 0 Å². The Labute approximate surface area is 102 Å². The predicted octanol–water partition coefficient (Wildman–Crippen LogP) is 2.55. The van der Waals surface area contributed by atoms with Crippen molar-refractivity contribution in [1.82, 2.24) is 15.0 Å². The quantitative estimate of drug-likeness (QED) is 0.938. The van der Waals surface area contributed by atoms with E-state index in [-0.39, 0.29) is 0 Å². The summed E-state index contributed by atoms with van der Waals surface area (Å²) in [5.74, 6) is 0.847. The number of pyridine rings is 1. The van der Waals surface area contributed by atoms with E-state index < -0.39 is 0 Å². The van der Waals surface area contributed by atoms with Gasteiger partial charge >= 0.3 is 0 Å². The molecule has 0 fully saturated rings. The Morgan fingerprint density at radius 3 is 2.94 bits per heavy atom. The third kappa shape index (κ3) is 2.76. The molecule has 2 heterocycles. The van der Waals surface area contributed by atoms with Crippen molar-refractivity contribution < 1.29 is 0 Å². The summed E-state index contributed by atoms with van der Waals surface area (Å²) >= 11 is 3.41. The van der Waals surface area contributed by atoms with E-state index in [0.29, 0.717) is 6.54 Å². The SMILES string of the molecule is Cc1cc(NCc2ccncn2)ncc1Br. The van der Waals surface area contributed by atoms with E-state index >= 15 is 0 Å². The summed E-state index contributed by atoms with van der Waals surface area (Å²) in [5.41, 5.74) is 2.09. The van der Waals surface area contributed by atoms with E-state index in [0.717, 1.165) is 21.5 Å². The predicted molar refractivity (Wildman–Crippen MR) is 66.0 cm³/mol. The molecule has 16 heavy (non-hydrogen) atoms. The third-order valence-corrected chi connectivity index (χ3v) is 2.97. The van der Waals surface area contributed by atoms with Crippen LogP contribution in [0.2, 0.25) is 0 Å². The number of anilines is 1. The monoisotopic (exact) mass is 278 g/mol. The summed E-state index contributed by atoms with van der Waals surface area (Å²) in [5, 5.41) is 3.21. The molecule has 0 atom stereocenters. The first-order valence-electron chi connectivity index (χ1n) is 4.86. The molecule has 4 nitrogen and oxygen atoms in total. The molecule has 82 valence electrons. The highest BCUT2D eigenvalue weighted by Crippen LogP contribution is 2.17. The lowest BCUT2D eigenvalue weighted by Crippen LogP contribution is -2.03. The molecule has 0 spiro atoms. The van der Waals surface area contributed by atoms with Gasteiger partial charge in [-0.1, -0.05) is 0 Å². The van der Waals surface area contributed by atoms with Crippen LogP contribution >= 0.6 is 15.9 Å². The van der Waals surface area contributed by atoms with Crippen molar-refractivity contribution in [1.29, 1.82) is 0 Å². The standard InChI is InChI=1S/C11H11BrN4/c1-8-4-11(15-6-10(8)12)14-5-9-2-3-13-7-16-9/h2-4,6-7H,5H2,1H3,(H,14,15). The summed E-state index contributed by atoms with van der Waals surface area (Å²) in [6, 6.07) is 3.87. The minimum Gasteiger partial charge on any atom is -0.364 e. The van der Waals surface area contributed by atoms with E-state index in [2.05, 4.69) is 36.2 Å². The smallest absolute Gasteiger partial charge is 0.126 e. The van der Waals surface area contributed by atoms with Crippen molar-refractivity contribution in [2.24, 2.45) is 0 Å². The van der Waals surface area contributed by atoms with Gasteiger partial charge in [-0.2, -0.15) is 0 Å². The summed E-state index contributed by atoms with van der Waals surface area (Å²) in [6.07, 6.45) is 5.05. The van der Waals surface area contributed by atoms with Crippen molar-refractivity contribution in [2.75, 3.05) is 5.32 Å². The van der Waals surface area contributed by atoms with Crippen molar-refractivity contribution in [3.05, 3.63) is 46.6 Å². The molecule has 0 aliphatic carbocycles. The zero-order valence-corrected chi connectivity index (χ0v) is 10.4. The maximum atomic E-state index is 4.25. The van der Waals surface area contributed by atoms with E-state index in [1.807, 2.05) is 19.1 Å². The largest absolute Gasteiger partial charge is 0.364 e. The zero-order valence-electron chi connectivity index (χ0n) is 8.81. The molecule has 0 saturated heterocycles. The number of hydrogen-bond donors (Lipinski definition) is 1. The maximum absolute atomic E-state index is 4.25. The van der Waals surface area contributed by atoms with Gasteiger partial charge in [0.15, 0.2) is 0 Å². The molecule has 0 radical (unpaired) electrons. The van der Waals surface area contributed by atoms with Gasteiger partial charge in [-0.05, 0) is 40.5 Å². The molecule has 0 aliphatic heterocycles. The van der Waals surface area contributed by atoms with Crippen LogP contribution in [0.1, 0.15) is 11.3 Å². The molecule has 2 aromatic heterocycles. The van der Waals surface area contributed by atoms with E-state index in [9.17, 15) is 0 Å². The lowest BCUT2D eigenvalue weighted by Gasteiger charge is -2.06. The number of nitrogens with one attached hydrogen (secondary N) is 1. The fraction of sp³-hybridized carbons (Fsp3) is 0.182. The first kappa shape index (κ1) is 11.0. The molecule has 5 heteroatoms. The molecular formula is C11H11BrN4. The van der Waals surface area contributed by atoms with Crippen LogP contribution in [-0.2, 0) is 6.54 Å². The molecule has 1 N–H and O–H groups in total. The van der Waals surface area contributed by atoms with Crippen LogP contribution in [0, 0.1) is 6.92 Å². The van der Waals surface area contributed by atoms with E-state index in [1.54, 1.807) is 12.4 Å². The van der Waals surface area contributed by atoms with Gasteiger partial charge in [0.25, 0.3) is 0 Å².